The van der Waals surface area contributed by atoms with Crippen molar-refractivity contribution in [1.82, 2.24) is 9.88 Å². The van der Waals surface area contributed by atoms with E-state index in [0.717, 1.165) is 49.0 Å². The van der Waals surface area contributed by atoms with Crippen LogP contribution in [0.3, 0.4) is 0 Å². The topological polar surface area (TPSA) is 42.4 Å². The average Bonchev–Trinajstić information content (AvgIpc) is 3.04. The van der Waals surface area contributed by atoms with Gasteiger partial charge in [-0.2, -0.15) is 0 Å². The molecule has 4 rings (SSSR count). The van der Waals surface area contributed by atoms with Crippen LogP contribution in [0.4, 0.5) is 4.39 Å². The quantitative estimate of drug-likeness (QED) is 0.813. The molecule has 2 aromatic rings. The van der Waals surface area contributed by atoms with E-state index in [0.29, 0.717) is 11.1 Å². The molecule has 2 fully saturated rings. The maximum absolute atomic E-state index is 13.3. The lowest BCUT2D eigenvalue weighted by Gasteiger charge is -2.34. The van der Waals surface area contributed by atoms with E-state index in [4.69, 9.17) is 4.74 Å². The average molecular weight is 362 g/mol. The first-order valence-electron chi connectivity index (χ1n) is 9.20. The van der Waals surface area contributed by atoms with Crippen LogP contribution in [0, 0.1) is 11.7 Å². The van der Waals surface area contributed by atoms with Crippen LogP contribution in [-0.4, -0.2) is 35.0 Å². The van der Waals surface area contributed by atoms with Crippen LogP contribution < -0.4 is 4.74 Å². The third-order valence-corrected chi connectivity index (χ3v) is 6.22. The molecule has 1 saturated carbocycles. The Morgan fingerprint density at radius 2 is 1.92 bits per heavy atom. The maximum Gasteiger partial charge on any atom is 0.274 e. The molecule has 0 bridgehead atoms. The Bertz CT molecular complexity index is 749. The summed E-state index contributed by atoms with van der Waals surface area (Å²) in [7, 11) is 0. The van der Waals surface area contributed by atoms with Gasteiger partial charge in [-0.3, -0.25) is 4.79 Å². The van der Waals surface area contributed by atoms with Crippen molar-refractivity contribution in [3.8, 4) is 5.19 Å². The van der Waals surface area contributed by atoms with Gasteiger partial charge in [0.15, 0.2) is 0 Å². The first kappa shape index (κ1) is 16.8. The van der Waals surface area contributed by atoms with Crippen LogP contribution in [0.1, 0.15) is 44.9 Å². The fourth-order valence-electron chi connectivity index (χ4n) is 3.87. The van der Waals surface area contributed by atoms with Crippen LogP contribution in [-0.2, 0) is 4.79 Å². The number of hydrogen-bond donors (Lipinski definition) is 0. The number of fused-ring (bicyclic) bond motifs is 1. The standard InChI is InChI=1S/C19H23FN2O2S/c20-14-6-7-16-17(12-14)25-19(21-16)24-15-8-10-22(11-9-15)18(23)13-4-2-1-3-5-13/h6-7,12-13,15H,1-5,8-11H2. The van der Waals surface area contributed by atoms with Crippen LogP contribution in [0.15, 0.2) is 18.2 Å². The highest BCUT2D eigenvalue weighted by atomic mass is 32.1. The molecule has 0 N–H and O–H groups in total. The Kier molecular flexibility index (Phi) is 4.88. The van der Waals surface area contributed by atoms with Crippen molar-refractivity contribution >= 4 is 27.5 Å². The summed E-state index contributed by atoms with van der Waals surface area (Å²) < 4.78 is 20.1. The molecule has 0 atom stereocenters. The Labute approximate surface area is 151 Å². The summed E-state index contributed by atoms with van der Waals surface area (Å²) in [6.45, 7) is 1.53. The van der Waals surface area contributed by atoms with Crippen molar-refractivity contribution in [2.75, 3.05) is 13.1 Å². The van der Waals surface area contributed by atoms with Gasteiger partial charge in [0, 0.05) is 31.8 Å². The predicted molar refractivity (Wildman–Crippen MR) is 96.4 cm³/mol. The van der Waals surface area contributed by atoms with E-state index in [1.54, 1.807) is 6.07 Å². The number of aromatic nitrogens is 1. The Morgan fingerprint density at radius 1 is 1.16 bits per heavy atom. The van der Waals surface area contributed by atoms with Gasteiger partial charge in [-0.05, 0) is 31.0 Å². The minimum atomic E-state index is -0.253. The van der Waals surface area contributed by atoms with Gasteiger partial charge in [-0.25, -0.2) is 9.37 Å². The zero-order chi connectivity index (χ0) is 17.2. The number of hydrogen-bond acceptors (Lipinski definition) is 4. The van der Waals surface area contributed by atoms with Gasteiger partial charge < -0.3 is 9.64 Å². The summed E-state index contributed by atoms with van der Waals surface area (Å²) in [4.78, 5) is 19.0. The number of carbonyl (C=O) groups is 1. The SMILES string of the molecule is O=C(C1CCCCC1)N1CCC(Oc2nc3ccc(F)cc3s2)CC1. The third kappa shape index (κ3) is 3.78. The van der Waals surface area contributed by atoms with Crippen molar-refractivity contribution in [3.05, 3.63) is 24.0 Å². The molecular formula is C19H23FN2O2S. The van der Waals surface area contributed by atoms with E-state index < -0.39 is 0 Å². The van der Waals surface area contributed by atoms with E-state index in [1.165, 1.54) is 42.7 Å². The molecular weight excluding hydrogens is 339 g/mol. The third-order valence-electron chi connectivity index (χ3n) is 5.31. The predicted octanol–water partition coefficient (Wildman–Crippen LogP) is 4.39. The zero-order valence-electron chi connectivity index (χ0n) is 14.2. The Hall–Kier alpha value is -1.69. The summed E-state index contributed by atoms with van der Waals surface area (Å²) in [6.07, 6.45) is 7.51. The summed E-state index contributed by atoms with van der Waals surface area (Å²) >= 11 is 1.38. The molecule has 6 heteroatoms. The van der Waals surface area contributed by atoms with Crippen molar-refractivity contribution in [1.29, 1.82) is 0 Å². The van der Waals surface area contributed by atoms with Gasteiger partial charge in [0.2, 0.25) is 5.91 Å². The van der Waals surface area contributed by atoms with E-state index in [2.05, 4.69) is 4.98 Å². The normalized spacial score (nSPS) is 20.1. The van der Waals surface area contributed by atoms with E-state index in [1.807, 2.05) is 4.90 Å². The van der Waals surface area contributed by atoms with Crippen molar-refractivity contribution in [3.63, 3.8) is 0 Å². The van der Waals surface area contributed by atoms with Gasteiger partial charge in [-0.15, -0.1) is 0 Å². The van der Waals surface area contributed by atoms with E-state index in [-0.39, 0.29) is 17.8 Å². The molecule has 2 aliphatic rings. The van der Waals surface area contributed by atoms with Gasteiger partial charge in [-0.1, -0.05) is 30.6 Å². The number of piperidine rings is 1. The molecule has 134 valence electrons. The van der Waals surface area contributed by atoms with Crippen molar-refractivity contribution in [2.24, 2.45) is 5.92 Å². The largest absolute Gasteiger partial charge is 0.467 e. The van der Waals surface area contributed by atoms with Crippen molar-refractivity contribution < 1.29 is 13.9 Å². The molecule has 1 aromatic carbocycles. The lowest BCUT2D eigenvalue weighted by atomic mass is 9.88. The van der Waals surface area contributed by atoms with Crippen molar-refractivity contribution in [2.45, 2.75) is 51.0 Å². The summed E-state index contributed by atoms with van der Waals surface area (Å²) in [5.41, 5.74) is 0.770. The molecule has 1 aromatic heterocycles. The molecule has 2 heterocycles. The number of thiazole rings is 1. The number of likely N-dealkylation sites (tertiary alicyclic amines) is 1. The second-order valence-electron chi connectivity index (χ2n) is 7.07. The molecule has 0 spiro atoms. The van der Waals surface area contributed by atoms with Gasteiger partial charge in [0.25, 0.3) is 5.19 Å². The van der Waals surface area contributed by atoms with E-state index in [9.17, 15) is 9.18 Å². The second-order valence-corrected chi connectivity index (χ2v) is 8.06. The number of benzene rings is 1. The number of rotatable bonds is 3. The lowest BCUT2D eigenvalue weighted by Crippen LogP contribution is -2.44. The molecule has 1 aliphatic heterocycles. The molecule has 1 amide bonds. The molecule has 1 saturated heterocycles. The molecule has 25 heavy (non-hydrogen) atoms. The van der Waals surface area contributed by atoms with Gasteiger partial charge >= 0.3 is 0 Å². The van der Waals surface area contributed by atoms with Crippen LogP contribution in [0.5, 0.6) is 5.19 Å². The monoisotopic (exact) mass is 362 g/mol. The summed E-state index contributed by atoms with van der Waals surface area (Å²) in [6, 6.07) is 4.59. The zero-order valence-corrected chi connectivity index (χ0v) is 15.1. The number of nitrogens with zero attached hydrogens (tertiary/aromatic N) is 2. The van der Waals surface area contributed by atoms with Crippen LogP contribution in [0.25, 0.3) is 10.2 Å². The fraction of sp³-hybridized carbons (Fsp3) is 0.579. The van der Waals surface area contributed by atoms with Crippen LogP contribution in [0.2, 0.25) is 0 Å². The first-order valence-corrected chi connectivity index (χ1v) is 10.0. The second kappa shape index (κ2) is 7.28. The lowest BCUT2D eigenvalue weighted by molar-refractivity contribution is -0.138. The number of halogens is 1. The first-order chi connectivity index (χ1) is 12.2. The highest BCUT2D eigenvalue weighted by Crippen LogP contribution is 2.31. The van der Waals surface area contributed by atoms with Gasteiger partial charge in [0.1, 0.15) is 11.9 Å². The number of amides is 1. The Balaban J connectivity index is 1.32. The molecule has 1 aliphatic carbocycles. The highest BCUT2D eigenvalue weighted by molar-refractivity contribution is 7.20. The van der Waals surface area contributed by atoms with E-state index >= 15 is 0 Å². The number of ether oxygens (including phenoxy) is 1. The Morgan fingerprint density at radius 3 is 2.68 bits per heavy atom. The molecule has 4 nitrogen and oxygen atoms in total. The molecule has 0 unspecified atom stereocenters. The van der Waals surface area contributed by atoms with Gasteiger partial charge in [0.05, 0.1) is 10.2 Å². The highest BCUT2D eigenvalue weighted by Gasteiger charge is 2.30. The summed E-state index contributed by atoms with van der Waals surface area (Å²) in [5, 5.41) is 0.595. The maximum atomic E-state index is 13.3. The summed E-state index contributed by atoms with van der Waals surface area (Å²) in [5.74, 6) is 0.330. The molecule has 0 radical (unpaired) electrons. The minimum absolute atomic E-state index is 0.0841. The fourth-order valence-corrected chi connectivity index (χ4v) is 4.78. The number of carbonyl (C=O) groups excluding carboxylic acids is 1. The smallest absolute Gasteiger partial charge is 0.274 e. The van der Waals surface area contributed by atoms with Crippen LogP contribution >= 0.6 is 11.3 Å². The minimum Gasteiger partial charge on any atom is -0.467 e.